The number of rotatable bonds is 5. The number of hydrogen-bond acceptors (Lipinski definition) is 3. The van der Waals surface area contributed by atoms with Gasteiger partial charge in [0.05, 0.1) is 12.1 Å². The zero-order valence-electron chi connectivity index (χ0n) is 15.7. The molecule has 5 rings (SSSR count). The molecule has 6 heteroatoms. The highest BCUT2D eigenvalue weighted by Crippen LogP contribution is 2.20. The Morgan fingerprint density at radius 1 is 0.862 bits per heavy atom. The fourth-order valence-electron chi connectivity index (χ4n) is 3.61. The summed E-state index contributed by atoms with van der Waals surface area (Å²) < 4.78 is 3.92. The molecule has 0 amide bonds. The third-order valence-electron chi connectivity index (χ3n) is 5.06. The molecule has 0 aliphatic heterocycles. The van der Waals surface area contributed by atoms with Crippen LogP contribution in [-0.2, 0) is 13.1 Å². The van der Waals surface area contributed by atoms with Gasteiger partial charge in [-0.05, 0) is 34.7 Å². The van der Waals surface area contributed by atoms with Gasteiger partial charge >= 0.3 is 0 Å². The first-order valence-electron chi connectivity index (χ1n) is 9.46. The summed E-state index contributed by atoms with van der Waals surface area (Å²) >= 11 is 0. The van der Waals surface area contributed by atoms with E-state index in [1.807, 2.05) is 70.2 Å². The zero-order valence-corrected chi connectivity index (χ0v) is 15.7. The summed E-state index contributed by atoms with van der Waals surface area (Å²) in [6.45, 7) is 1.32. The van der Waals surface area contributed by atoms with Crippen LogP contribution in [0, 0.1) is 0 Å². The van der Waals surface area contributed by atoms with Crippen LogP contribution in [0.2, 0.25) is 0 Å². The minimum atomic E-state index is -0.138. The Labute approximate surface area is 167 Å². The highest BCUT2D eigenvalue weighted by molar-refractivity contribution is 5.82. The van der Waals surface area contributed by atoms with Crippen LogP contribution in [0.4, 0.5) is 0 Å². The first-order chi connectivity index (χ1) is 14.3. The van der Waals surface area contributed by atoms with Crippen molar-refractivity contribution in [2.75, 3.05) is 0 Å². The van der Waals surface area contributed by atoms with Crippen LogP contribution >= 0.6 is 0 Å². The van der Waals surface area contributed by atoms with E-state index in [9.17, 15) is 4.79 Å². The molecule has 5 aromatic rings. The molecule has 0 atom stereocenters. The van der Waals surface area contributed by atoms with Crippen LogP contribution in [0.5, 0.6) is 0 Å². The molecule has 3 aromatic heterocycles. The predicted molar refractivity (Wildman–Crippen MR) is 113 cm³/mol. The second-order valence-electron chi connectivity index (χ2n) is 6.95. The summed E-state index contributed by atoms with van der Waals surface area (Å²) in [5.41, 5.74) is 3.60. The molecule has 0 fully saturated rings. The summed E-state index contributed by atoms with van der Waals surface area (Å²) in [5.74, 6) is 0.658. The van der Waals surface area contributed by atoms with Gasteiger partial charge in [0.2, 0.25) is 0 Å². The topological polar surface area (TPSA) is 68.5 Å². The molecule has 0 spiro atoms. The summed E-state index contributed by atoms with van der Waals surface area (Å²) in [7, 11) is 0. The number of benzene rings is 2. The SMILES string of the molecule is O=c1[nH]c2ccccc2cc1-c1nccn1Cc1ccccc1Cn1cccn1. The second-order valence-corrected chi connectivity index (χ2v) is 6.95. The molecule has 0 aliphatic rings. The Bertz CT molecular complexity index is 1330. The van der Waals surface area contributed by atoms with Crippen molar-refractivity contribution in [2.24, 2.45) is 0 Å². The van der Waals surface area contributed by atoms with E-state index in [0.29, 0.717) is 24.5 Å². The van der Waals surface area contributed by atoms with Gasteiger partial charge in [-0.2, -0.15) is 5.10 Å². The van der Waals surface area contributed by atoms with Crippen molar-refractivity contribution in [2.45, 2.75) is 13.1 Å². The lowest BCUT2D eigenvalue weighted by Crippen LogP contribution is -2.13. The lowest BCUT2D eigenvalue weighted by Gasteiger charge is -2.13. The molecule has 3 heterocycles. The quantitative estimate of drug-likeness (QED) is 0.505. The molecule has 0 saturated carbocycles. The molecule has 6 nitrogen and oxygen atoms in total. The van der Waals surface area contributed by atoms with E-state index in [1.54, 1.807) is 12.4 Å². The highest BCUT2D eigenvalue weighted by atomic mass is 16.1. The van der Waals surface area contributed by atoms with Crippen LogP contribution in [0.25, 0.3) is 22.3 Å². The summed E-state index contributed by atoms with van der Waals surface area (Å²) in [4.78, 5) is 20.1. The van der Waals surface area contributed by atoms with Crippen LogP contribution in [0.15, 0.2) is 90.2 Å². The lowest BCUT2D eigenvalue weighted by molar-refractivity contribution is 0.674. The number of aromatic nitrogens is 5. The van der Waals surface area contributed by atoms with Gasteiger partial charge in [-0.15, -0.1) is 0 Å². The number of fused-ring (bicyclic) bond motifs is 1. The van der Waals surface area contributed by atoms with Crippen molar-refractivity contribution in [3.63, 3.8) is 0 Å². The summed E-state index contributed by atoms with van der Waals surface area (Å²) in [6.07, 6.45) is 7.38. The number of pyridine rings is 1. The lowest BCUT2D eigenvalue weighted by atomic mass is 10.1. The minimum Gasteiger partial charge on any atom is -0.326 e. The van der Waals surface area contributed by atoms with Gasteiger partial charge in [0.15, 0.2) is 0 Å². The van der Waals surface area contributed by atoms with Gasteiger partial charge in [-0.1, -0.05) is 42.5 Å². The van der Waals surface area contributed by atoms with Crippen molar-refractivity contribution in [3.05, 3.63) is 107 Å². The number of H-pyrrole nitrogens is 1. The van der Waals surface area contributed by atoms with Gasteiger partial charge in [0, 0.05) is 36.8 Å². The largest absolute Gasteiger partial charge is 0.326 e. The molecule has 142 valence electrons. The summed E-state index contributed by atoms with van der Waals surface area (Å²) in [6, 6.07) is 19.9. The third-order valence-corrected chi connectivity index (χ3v) is 5.06. The normalized spacial score (nSPS) is 11.2. The minimum absolute atomic E-state index is 0.138. The standard InChI is InChI=1S/C23H19N5O/c29-23-20(14-17-6-3-4-9-21(17)26-23)22-24-11-13-27(22)15-18-7-1-2-8-19(18)16-28-12-5-10-25-28/h1-14H,15-16H2,(H,26,29). The maximum atomic E-state index is 12.7. The summed E-state index contributed by atoms with van der Waals surface area (Å²) in [5, 5.41) is 5.29. The van der Waals surface area contributed by atoms with Crippen LogP contribution in [0.3, 0.4) is 0 Å². The Hall–Kier alpha value is -3.93. The second kappa shape index (κ2) is 7.24. The fourth-order valence-corrected chi connectivity index (χ4v) is 3.61. The van der Waals surface area contributed by atoms with Crippen molar-refractivity contribution < 1.29 is 0 Å². The Morgan fingerprint density at radius 3 is 2.48 bits per heavy atom. The molecule has 0 bridgehead atoms. The molecule has 0 saturated heterocycles. The van der Waals surface area contributed by atoms with E-state index in [4.69, 9.17) is 0 Å². The number of nitrogens with zero attached hydrogens (tertiary/aromatic N) is 4. The molecule has 0 aliphatic carbocycles. The van der Waals surface area contributed by atoms with Crippen molar-refractivity contribution in [1.29, 1.82) is 0 Å². The van der Waals surface area contributed by atoms with Gasteiger partial charge in [-0.25, -0.2) is 4.98 Å². The first-order valence-corrected chi connectivity index (χ1v) is 9.46. The van der Waals surface area contributed by atoms with E-state index in [0.717, 1.165) is 10.9 Å². The van der Waals surface area contributed by atoms with E-state index in [1.165, 1.54) is 11.1 Å². The van der Waals surface area contributed by atoms with E-state index < -0.39 is 0 Å². The number of hydrogen-bond donors (Lipinski definition) is 1. The highest BCUT2D eigenvalue weighted by Gasteiger charge is 2.13. The average Bonchev–Trinajstić information content (AvgIpc) is 3.41. The average molecular weight is 381 g/mol. The first kappa shape index (κ1) is 17.2. The van der Waals surface area contributed by atoms with Gasteiger partial charge in [-0.3, -0.25) is 9.48 Å². The molecule has 0 unspecified atom stereocenters. The molecule has 0 radical (unpaired) electrons. The Morgan fingerprint density at radius 2 is 1.66 bits per heavy atom. The molecule has 2 aromatic carbocycles. The number of aromatic amines is 1. The monoisotopic (exact) mass is 381 g/mol. The van der Waals surface area contributed by atoms with Crippen LogP contribution in [0.1, 0.15) is 11.1 Å². The van der Waals surface area contributed by atoms with Crippen molar-refractivity contribution >= 4 is 10.9 Å². The molecular weight excluding hydrogens is 362 g/mol. The third kappa shape index (κ3) is 3.36. The van der Waals surface area contributed by atoms with Gasteiger partial charge in [0.1, 0.15) is 5.82 Å². The molecule has 1 N–H and O–H groups in total. The maximum absolute atomic E-state index is 12.7. The number of para-hydroxylation sites is 1. The van der Waals surface area contributed by atoms with E-state index in [2.05, 4.69) is 27.2 Å². The number of imidazole rings is 1. The molecular formula is C23H19N5O. The van der Waals surface area contributed by atoms with Crippen LogP contribution in [-0.4, -0.2) is 24.3 Å². The smallest absolute Gasteiger partial charge is 0.259 e. The van der Waals surface area contributed by atoms with E-state index >= 15 is 0 Å². The Kier molecular flexibility index (Phi) is 4.29. The maximum Gasteiger partial charge on any atom is 0.259 e. The number of nitrogens with one attached hydrogen (secondary N) is 1. The van der Waals surface area contributed by atoms with Gasteiger partial charge in [0.25, 0.3) is 5.56 Å². The Balaban J connectivity index is 1.53. The molecule has 29 heavy (non-hydrogen) atoms. The van der Waals surface area contributed by atoms with Crippen molar-refractivity contribution in [1.82, 2.24) is 24.3 Å². The van der Waals surface area contributed by atoms with Gasteiger partial charge < -0.3 is 9.55 Å². The predicted octanol–water partition coefficient (Wildman–Crippen LogP) is 3.68. The zero-order chi connectivity index (χ0) is 19.6. The fraction of sp³-hybridized carbons (Fsp3) is 0.0870. The van der Waals surface area contributed by atoms with E-state index in [-0.39, 0.29) is 5.56 Å². The van der Waals surface area contributed by atoms with Crippen molar-refractivity contribution in [3.8, 4) is 11.4 Å². The van der Waals surface area contributed by atoms with Crippen LogP contribution < -0.4 is 5.56 Å².